The number of benzene rings is 3. The van der Waals surface area contributed by atoms with E-state index < -0.39 is 17.8 Å². The number of aliphatic carboxylic acids is 1. The van der Waals surface area contributed by atoms with Gasteiger partial charge in [-0.25, -0.2) is 0 Å². The van der Waals surface area contributed by atoms with Crippen LogP contribution in [0.3, 0.4) is 0 Å². The van der Waals surface area contributed by atoms with Crippen molar-refractivity contribution in [2.75, 3.05) is 13.6 Å². The number of likely N-dealkylation sites (N-methyl/N-ethyl adjacent to an activating group) is 1. The molecule has 0 spiro atoms. The van der Waals surface area contributed by atoms with Crippen LogP contribution in [0.2, 0.25) is 0 Å². The van der Waals surface area contributed by atoms with Crippen LogP contribution in [0.5, 0.6) is 0 Å². The quantitative estimate of drug-likeness (QED) is 0.417. The summed E-state index contributed by atoms with van der Waals surface area (Å²) in [6.07, 6.45) is 0.243. The summed E-state index contributed by atoms with van der Waals surface area (Å²) in [6.45, 7) is 4.47. The number of carbonyl (C=O) groups is 3. The third-order valence-corrected chi connectivity index (χ3v) is 6.14. The minimum absolute atomic E-state index is 0.101. The average molecular weight is 475 g/mol. The van der Waals surface area contributed by atoms with Crippen LogP contribution in [0, 0.1) is 11.8 Å². The summed E-state index contributed by atoms with van der Waals surface area (Å²) in [6, 6.07) is 23.6. The van der Waals surface area contributed by atoms with E-state index in [4.69, 9.17) is 0 Å². The molecule has 2 N–H and O–H groups in total. The number of hydrogen-bond donors (Lipinski definition) is 2. The molecule has 0 aliphatic carbocycles. The Bertz CT molecular complexity index is 1160. The molecule has 0 aliphatic rings. The fourth-order valence-electron chi connectivity index (χ4n) is 4.38. The maximum absolute atomic E-state index is 13.6. The lowest BCUT2D eigenvalue weighted by molar-refractivity contribution is -0.141. The van der Waals surface area contributed by atoms with Gasteiger partial charge in [-0.1, -0.05) is 86.6 Å². The number of carbonyl (C=O) groups excluding carboxylic acids is 2. The molecule has 1 unspecified atom stereocenters. The molecule has 3 aromatic rings. The standard InChI is InChI=1S/C29H34N2O4/c1-20(2)15-25(17-27(32)33)28(34)30-18-26(24-14-13-22-11-7-8-12-23(22)16-24)29(35)31(3)19-21-9-5-4-6-10-21/h4-14,16,20,25-26H,15,17-19H2,1-3H3,(H,30,34)(H,32,33)/t25-,26?/m0/s1. The molecule has 6 nitrogen and oxygen atoms in total. The first-order valence-electron chi connectivity index (χ1n) is 12.0. The van der Waals surface area contributed by atoms with Crippen molar-refractivity contribution in [1.82, 2.24) is 10.2 Å². The highest BCUT2D eigenvalue weighted by atomic mass is 16.4. The second-order valence-corrected chi connectivity index (χ2v) is 9.51. The normalized spacial score (nSPS) is 12.8. The van der Waals surface area contributed by atoms with Crippen LogP contribution in [-0.4, -0.2) is 41.4 Å². The van der Waals surface area contributed by atoms with Gasteiger partial charge in [0.15, 0.2) is 0 Å². The van der Waals surface area contributed by atoms with Crippen LogP contribution >= 0.6 is 0 Å². The smallest absolute Gasteiger partial charge is 0.304 e. The average Bonchev–Trinajstić information content (AvgIpc) is 2.83. The van der Waals surface area contributed by atoms with Crippen LogP contribution in [0.4, 0.5) is 0 Å². The zero-order chi connectivity index (χ0) is 25.4. The van der Waals surface area contributed by atoms with E-state index in [0.717, 1.165) is 21.9 Å². The Kier molecular flexibility index (Phi) is 9.01. The Morgan fingerprint density at radius 1 is 0.914 bits per heavy atom. The van der Waals surface area contributed by atoms with E-state index in [9.17, 15) is 19.5 Å². The van der Waals surface area contributed by atoms with Crippen LogP contribution in [0.25, 0.3) is 10.8 Å². The summed E-state index contributed by atoms with van der Waals surface area (Å²) in [5, 5.41) is 14.2. The van der Waals surface area contributed by atoms with E-state index in [2.05, 4.69) is 5.32 Å². The highest BCUT2D eigenvalue weighted by Gasteiger charge is 2.28. The van der Waals surface area contributed by atoms with Crippen molar-refractivity contribution in [2.45, 2.75) is 39.2 Å². The molecule has 0 saturated heterocycles. The molecule has 0 aliphatic heterocycles. The second kappa shape index (κ2) is 12.2. The van der Waals surface area contributed by atoms with E-state index in [1.54, 1.807) is 11.9 Å². The fourth-order valence-corrected chi connectivity index (χ4v) is 4.38. The molecule has 184 valence electrons. The number of fused-ring (bicyclic) bond motifs is 1. The molecule has 0 bridgehead atoms. The molecule has 2 atom stereocenters. The minimum atomic E-state index is -1.00. The molecule has 0 saturated carbocycles. The molecule has 6 heteroatoms. The predicted molar refractivity (Wildman–Crippen MR) is 138 cm³/mol. The van der Waals surface area contributed by atoms with Crippen molar-refractivity contribution < 1.29 is 19.5 Å². The van der Waals surface area contributed by atoms with Gasteiger partial charge in [0.1, 0.15) is 0 Å². The van der Waals surface area contributed by atoms with E-state index in [1.807, 2.05) is 86.6 Å². The molecule has 0 aromatic heterocycles. The molecule has 3 rings (SSSR count). The molecule has 0 heterocycles. The van der Waals surface area contributed by atoms with E-state index in [1.165, 1.54) is 0 Å². The Morgan fingerprint density at radius 3 is 2.23 bits per heavy atom. The number of rotatable bonds is 11. The van der Waals surface area contributed by atoms with Gasteiger partial charge in [0.25, 0.3) is 0 Å². The highest BCUT2D eigenvalue weighted by Crippen LogP contribution is 2.24. The second-order valence-electron chi connectivity index (χ2n) is 9.51. The molecular formula is C29H34N2O4. The van der Waals surface area contributed by atoms with E-state index >= 15 is 0 Å². The number of amides is 2. The maximum Gasteiger partial charge on any atom is 0.304 e. The lowest BCUT2D eigenvalue weighted by Crippen LogP contribution is -2.40. The van der Waals surface area contributed by atoms with Crippen LogP contribution in [-0.2, 0) is 20.9 Å². The zero-order valence-electron chi connectivity index (χ0n) is 20.6. The molecule has 2 amide bonds. The first-order chi connectivity index (χ1) is 16.7. The van der Waals surface area contributed by atoms with Gasteiger partial charge in [-0.2, -0.15) is 0 Å². The number of hydrogen-bond acceptors (Lipinski definition) is 3. The Labute approximate surface area is 207 Å². The molecule has 0 fully saturated rings. The van der Waals surface area contributed by atoms with Crippen molar-refractivity contribution in [2.24, 2.45) is 11.8 Å². The van der Waals surface area contributed by atoms with Gasteiger partial charge in [0, 0.05) is 26.1 Å². The van der Waals surface area contributed by atoms with Gasteiger partial charge >= 0.3 is 5.97 Å². The molecule has 35 heavy (non-hydrogen) atoms. The van der Waals surface area contributed by atoms with Gasteiger partial charge in [-0.3, -0.25) is 14.4 Å². The number of carboxylic acids is 1. The predicted octanol–water partition coefficient (Wildman–Crippen LogP) is 4.84. The summed E-state index contributed by atoms with van der Waals surface area (Å²) in [5.74, 6) is -2.49. The highest BCUT2D eigenvalue weighted by molar-refractivity contribution is 5.89. The summed E-state index contributed by atoms with van der Waals surface area (Å²) >= 11 is 0. The van der Waals surface area contributed by atoms with Crippen LogP contribution in [0.15, 0.2) is 72.8 Å². The minimum Gasteiger partial charge on any atom is -0.481 e. The zero-order valence-corrected chi connectivity index (χ0v) is 20.6. The lowest BCUT2D eigenvalue weighted by Gasteiger charge is -2.26. The topological polar surface area (TPSA) is 86.7 Å². The Hall–Kier alpha value is -3.67. The van der Waals surface area contributed by atoms with Gasteiger partial charge in [0.2, 0.25) is 11.8 Å². The first kappa shape index (κ1) is 25.9. The first-order valence-corrected chi connectivity index (χ1v) is 12.0. The van der Waals surface area contributed by atoms with Crippen molar-refractivity contribution in [3.63, 3.8) is 0 Å². The Morgan fingerprint density at radius 2 is 1.57 bits per heavy atom. The molecule has 0 radical (unpaired) electrons. The maximum atomic E-state index is 13.6. The Balaban J connectivity index is 1.84. The van der Waals surface area contributed by atoms with Gasteiger partial charge < -0.3 is 15.3 Å². The van der Waals surface area contributed by atoms with Crippen LogP contribution in [0.1, 0.15) is 43.7 Å². The fraction of sp³-hybridized carbons (Fsp3) is 0.345. The van der Waals surface area contributed by atoms with Crippen molar-refractivity contribution in [1.29, 1.82) is 0 Å². The number of nitrogens with one attached hydrogen (secondary N) is 1. The number of carboxylic acid groups (broad SMARTS) is 1. The van der Waals surface area contributed by atoms with Gasteiger partial charge in [-0.05, 0) is 34.2 Å². The summed E-state index contributed by atoms with van der Waals surface area (Å²) in [4.78, 5) is 39.5. The number of nitrogens with zero attached hydrogens (tertiary/aromatic N) is 1. The molecular weight excluding hydrogens is 440 g/mol. The van der Waals surface area contributed by atoms with Crippen molar-refractivity contribution in [3.8, 4) is 0 Å². The molecule has 3 aromatic carbocycles. The summed E-state index contributed by atoms with van der Waals surface area (Å²) < 4.78 is 0. The third kappa shape index (κ3) is 7.41. The third-order valence-electron chi connectivity index (χ3n) is 6.14. The van der Waals surface area contributed by atoms with E-state index in [-0.39, 0.29) is 30.7 Å². The van der Waals surface area contributed by atoms with Gasteiger partial charge in [-0.15, -0.1) is 0 Å². The summed E-state index contributed by atoms with van der Waals surface area (Å²) in [7, 11) is 1.76. The summed E-state index contributed by atoms with van der Waals surface area (Å²) in [5.41, 5.74) is 1.83. The van der Waals surface area contributed by atoms with E-state index in [0.29, 0.717) is 13.0 Å². The SMILES string of the molecule is CC(C)C[C@@H](CC(=O)O)C(=O)NCC(C(=O)N(C)Cc1ccccc1)c1ccc2ccccc2c1. The van der Waals surface area contributed by atoms with Crippen LogP contribution < -0.4 is 5.32 Å². The van der Waals surface area contributed by atoms with Crippen molar-refractivity contribution in [3.05, 3.63) is 83.9 Å². The van der Waals surface area contributed by atoms with Crippen molar-refractivity contribution >= 4 is 28.6 Å². The lowest BCUT2D eigenvalue weighted by atomic mass is 9.92. The monoisotopic (exact) mass is 474 g/mol. The largest absolute Gasteiger partial charge is 0.481 e. The van der Waals surface area contributed by atoms with Gasteiger partial charge in [0.05, 0.1) is 12.3 Å².